The molecule has 1 aliphatic heterocycles. The van der Waals surface area contributed by atoms with Gasteiger partial charge in [0.2, 0.25) is 0 Å². The third-order valence-electron chi connectivity index (χ3n) is 3.12. The number of hydrogen-bond acceptors (Lipinski definition) is 2. The molecule has 2 rings (SSSR count). The van der Waals surface area contributed by atoms with Crippen molar-refractivity contribution in [2.24, 2.45) is 23.7 Å². The Balaban J connectivity index is 1.95. The first kappa shape index (κ1) is 7.10. The Morgan fingerprint density at radius 2 is 2.09 bits per heavy atom. The average molecular weight is 155 g/mol. The van der Waals surface area contributed by atoms with Gasteiger partial charge in [0.15, 0.2) is 0 Å². The van der Waals surface area contributed by atoms with Crippen LogP contribution in [0.4, 0.5) is 0 Å². The van der Waals surface area contributed by atoms with Crippen LogP contribution in [0.15, 0.2) is 0 Å². The van der Waals surface area contributed by atoms with Gasteiger partial charge in [-0.3, -0.25) is 4.79 Å². The van der Waals surface area contributed by atoms with E-state index in [4.69, 9.17) is 5.11 Å². The molecule has 2 fully saturated rings. The summed E-state index contributed by atoms with van der Waals surface area (Å²) in [5.41, 5.74) is 0. The fraction of sp³-hybridized carbons (Fsp3) is 0.875. The maximum absolute atomic E-state index is 10.6. The lowest BCUT2D eigenvalue weighted by Gasteiger charge is -2.07. The monoisotopic (exact) mass is 155 g/mol. The van der Waals surface area contributed by atoms with Gasteiger partial charge in [-0.15, -0.1) is 0 Å². The minimum Gasteiger partial charge on any atom is -0.481 e. The molecule has 3 nitrogen and oxygen atoms in total. The molecule has 1 saturated heterocycles. The molecule has 0 amide bonds. The summed E-state index contributed by atoms with van der Waals surface area (Å²) in [7, 11) is 0. The number of piperidine rings is 1. The zero-order valence-electron chi connectivity index (χ0n) is 6.58. The molecule has 11 heavy (non-hydrogen) atoms. The summed E-state index contributed by atoms with van der Waals surface area (Å²) in [5.74, 6) is 1.03. The number of aliphatic carboxylic acids is 1. The predicted molar refractivity (Wildman–Crippen MR) is 40.1 cm³/mol. The molecule has 1 saturated carbocycles. The van der Waals surface area contributed by atoms with Crippen molar-refractivity contribution in [3.8, 4) is 0 Å². The lowest BCUT2D eigenvalue weighted by Crippen LogP contribution is -2.21. The Morgan fingerprint density at radius 3 is 2.55 bits per heavy atom. The topological polar surface area (TPSA) is 49.3 Å². The maximum atomic E-state index is 10.6. The van der Waals surface area contributed by atoms with Gasteiger partial charge in [-0.2, -0.15) is 0 Å². The van der Waals surface area contributed by atoms with Crippen molar-refractivity contribution in [3.63, 3.8) is 0 Å². The summed E-state index contributed by atoms with van der Waals surface area (Å²) in [5, 5.41) is 12.0. The summed E-state index contributed by atoms with van der Waals surface area (Å²) in [6.45, 7) is 3.89. The molecule has 4 atom stereocenters. The van der Waals surface area contributed by atoms with Gasteiger partial charge in [-0.25, -0.2) is 0 Å². The van der Waals surface area contributed by atoms with Crippen molar-refractivity contribution in [3.05, 3.63) is 0 Å². The molecule has 0 aromatic rings. The molecule has 1 heterocycles. The SMILES string of the molecule is CC(C(=O)O)C1[C@H]2CNC[C@@H]12. The van der Waals surface area contributed by atoms with Gasteiger partial charge in [0, 0.05) is 0 Å². The van der Waals surface area contributed by atoms with Crippen LogP contribution in [-0.4, -0.2) is 24.2 Å². The number of rotatable bonds is 2. The molecule has 2 unspecified atom stereocenters. The van der Waals surface area contributed by atoms with Gasteiger partial charge in [-0.1, -0.05) is 6.92 Å². The third kappa shape index (κ3) is 0.948. The quantitative estimate of drug-likeness (QED) is 0.597. The predicted octanol–water partition coefficient (Wildman–Crippen LogP) is 0.172. The van der Waals surface area contributed by atoms with Crippen LogP contribution in [0.1, 0.15) is 6.92 Å². The normalized spacial score (nSPS) is 43.2. The molecule has 0 aromatic carbocycles. The Hall–Kier alpha value is -0.570. The molecule has 0 bridgehead atoms. The number of nitrogens with one attached hydrogen (secondary N) is 1. The standard InChI is InChI=1S/C8H13NO2/c1-4(8(10)11)7-5-2-9-3-6(5)7/h4-7,9H,2-3H2,1H3,(H,10,11)/t4?,5-,6+,7?. The molecule has 1 aliphatic carbocycles. The largest absolute Gasteiger partial charge is 0.481 e. The molecular formula is C8H13NO2. The molecule has 2 aliphatic rings. The van der Waals surface area contributed by atoms with Crippen molar-refractivity contribution in [2.45, 2.75) is 6.92 Å². The van der Waals surface area contributed by atoms with Crippen LogP contribution in [0, 0.1) is 23.7 Å². The zero-order valence-corrected chi connectivity index (χ0v) is 6.58. The Morgan fingerprint density at radius 1 is 1.55 bits per heavy atom. The summed E-state index contributed by atoms with van der Waals surface area (Å²) >= 11 is 0. The van der Waals surface area contributed by atoms with Crippen LogP contribution >= 0.6 is 0 Å². The summed E-state index contributed by atoms with van der Waals surface area (Å²) in [4.78, 5) is 10.6. The van der Waals surface area contributed by atoms with Gasteiger partial charge in [-0.05, 0) is 30.8 Å². The minimum atomic E-state index is -0.635. The van der Waals surface area contributed by atoms with Crippen LogP contribution < -0.4 is 5.32 Å². The number of carbonyl (C=O) groups is 1. The van der Waals surface area contributed by atoms with Crippen LogP contribution in [0.3, 0.4) is 0 Å². The highest BCUT2D eigenvalue weighted by atomic mass is 16.4. The highest BCUT2D eigenvalue weighted by molar-refractivity contribution is 5.70. The second kappa shape index (κ2) is 2.21. The minimum absolute atomic E-state index is 0.132. The lowest BCUT2D eigenvalue weighted by atomic mass is 10.0. The first-order valence-corrected chi connectivity index (χ1v) is 4.15. The summed E-state index contributed by atoms with van der Waals surface area (Å²) in [6.07, 6.45) is 0. The van der Waals surface area contributed by atoms with Crippen LogP contribution in [0.2, 0.25) is 0 Å². The molecule has 3 heteroatoms. The number of carboxylic acid groups (broad SMARTS) is 1. The van der Waals surface area contributed by atoms with Gasteiger partial charge >= 0.3 is 5.97 Å². The van der Waals surface area contributed by atoms with Crippen molar-refractivity contribution < 1.29 is 9.90 Å². The molecule has 0 spiro atoms. The number of fused-ring (bicyclic) bond motifs is 1. The maximum Gasteiger partial charge on any atom is 0.306 e. The molecule has 62 valence electrons. The second-order valence-corrected chi connectivity index (χ2v) is 3.69. The smallest absolute Gasteiger partial charge is 0.306 e. The van der Waals surface area contributed by atoms with Crippen LogP contribution in [-0.2, 0) is 4.79 Å². The number of carboxylic acids is 1. The fourth-order valence-electron chi connectivity index (χ4n) is 2.37. The van der Waals surface area contributed by atoms with E-state index < -0.39 is 5.97 Å². The molecule has 0 aromatic heterocycles. The summed E-state index contributed by atoms with van der Waals surface area (Å²) < 4.78 is 0. The van der Waals surface area contributed by atoms with E-state index in [2.05, 4.69) is 5.32 Å². The van der Waals surface area contributed by atoms with E-state index in [9.17, 15) is 4.79 Å². The van der Waals surface area contributed by atoms with Crippen molar-refractivity contribution in [1.82, 2.24) is 5.32 Å². The van der Waals surface area contributed by atoms with E-state index in [1.165, 1.54) is 0 Å². The first-order valence-electron chi connectivity index (χ1n) is 4.15. The van der Waals surface area contributed by atoms with E-state index >= 15 is 0 Å². The lowest BCUT2D eigenvalue weighted by molar-refractivity contribution is -0.142. The van der Waals surface area contributed by atoms with Gasteiger partial charge in [0.1, 0.15) is 0 Å². The Bertz CT molecular complexity index is 183. The number of hydrogen-bond donors (Lipinski definition) is 2. The van der Waals surface area contributed by atoms with Crippen molar-refractivity contribution in [2.75, 3.05) is 13.1 Å². The van der Waals surface area contributed by atoms with E-state index in [0.29, 0.717) is 17.8 Å². The highest BCUT2D eigenvalue weighted by Gasteiger charge is 2.56. The molecule has 2 N–H and O–H groups in total. The van der Waals surface area contributed by atoms with Gasteiger partial charge in [0.05, 0.1) is 5.92 Å². The summed E-state index contributed by atoms with van der Waals surface area (Å²) in [6, 6.07) is 0. The highest BCUT2D eigenvalue weighted by Crippen LogP contribution is 2.52. The Labute approximate surface area is 65.8 Å². The van der Waals surface area contributed by atoms with Crippen molar-refractivity contribution in [1.29, 1.82) is 0 Å². The molecule has 0 radical (unpaired) electrons. The van der Waals surface area contributed by atoms with E-state index in [-0.39, 0.29) is 5.92 Å². The first-order chi connectivity index (χ1) is 5.22. The van der Waals surface area contributed by atoms with E-state index in [1.807, 2.05) is 6.92 Å². The van der Waals surface area contributed by atoms with E-state index in [1.54, 1.807) is 0 Å². The van der Waals surface area contributed by atoms with Crippen LogP contribution in [0.5, 0.6) is 0 Å². The second-order valence-electron chi connectivity index (χ2n) is 3.69. The van der Waals surface area contributed by atoms with Gasteiger partial charge in [0.25, 0.3) is 0 Å². The van der Waals surface area contributed by atoms with Crippen molar-refractivity contribution >= 4 is 5.97 Å². The molecular weight excluding hydrogens is 142 g/mol. The van der Waals surface area contributed by atoms with Gasteiger partial charge < -0.3 is 10.4 Å². The van der Waals surface area contributed by atoms with E-state index in [0.717, 1.165) is 13.1 Å². The Kier molecular flexibility index (Phi) is 1.42. The third-order valence-corrected chi connectivity index (χ3v) is 3.12. The van der Waals surface area contributed by atoms with Crippen LogP contribution in [0.25, 0.3) is 0 Å². The average Bonchev–Trinajstić information content (AvgIpc) is 2.41. The zero-order chi connectivity index (χ0) is 8.01. The fourth-order valence-corrected chi connectivity index (χ4v) is 2.37.